The van der Waals surface area contributed by atoms with Crippen LogP contribution < -0.4 is 4.72 Å². The molecule has 1 aromatic heterocycles. The summed E-state index contributed by atoms with van der Waals surface area (Å²) in [6.07, 6.45) is 3.11. The number of carbonyl (C=O) groups excluding carboxylic acids is 1. The normalized spacial score (nSPS) is 18.0. The van der Waals surface area contributed by atoms with Crippen molar-refractivity contribution in [3.63, 3.8) is 0 Å². The molecular formula is C12H17BrN2O3S2. The lowest BCUT2D eigenvalue weighted by Gasteiger charge is -2.29. The highest BCUT2D eigenvalue weighted by Gasteiger charge is 2.28. The summed E-state index contributed by atoms with van der Waals surface area (Å²) in [6, 6.07) is 0.934. The average Bonchev–Trinajstić information content (AvgIpc) is 2.85. The molecule has 0 radical (unpaired) electrons. The Balaban J connectivity index is 2.05. The Morgan fingerprint density at radius 2 is 2.05 bits per heavy atom. The Labute approximate surface area is 131 Å². The van der Waals surface area contributed by atoms with Crippen molar-refractivity contribution in [1.82, 2.24) is 9.62 Å². The highest BCUT2D eigenvalue weighted by molar-refractivity contribution is 9.10. The van der Waals surface area contributed by atoms with Crippen LogP contribution in [0, 0.1) is 0 Å². The Kier molecular flexibility index (Phi) is 5.22. The van der Waals surface area contributed by atoms with Gasteiger partial charge in [0.25, 0.3) is 10.0 Å². The van der Waals surface area contributed by atoms with Crippen molar-refractivity contribution in [2.75, 3.05) is 13.1 Å². The minimum atomic E-state index is -3.66. The van der Waals surface area contributed by atoms with Gasteiger partial charge in [0.15, 0.2) is 0 Å². The van der Waals surface area contributed by atoms with Gasteiger partial charge in [0.2, 0.25) is 5.91 Å². The van der Waals surface area contributed by atoms with Gasteiger partial charge in [-0.15, -0.1) is 11.3 Å². The molecule has 0 aromatic carbocycles. The van der Waals surface area contributed by atoms with E-state index in [2.05, 4.69) is 20.7 Å². The van der Waals surface area contributed by atoms with Gasteiger partial charge in [-0.3, -0.25) is 4.79 Å². The van der Waals surface area contributed by atoms with Crippen LogP contribution in [-0.2, 0) is 14.8 Å². The molecule has 2 rings (SSSR count). The van der Waals surface area contributed by atoms with Crippen LogP contribution in [-0.4, -0.2) is 38.4 Å². The van der Waals surface area contributed by atoms with Crippen molar-refractivity contribution in [1.29, 1.82) is 0 Å². The van der Waals surface area contributed by atoms with Gasteiger partial charge in [0.05, 0.1) is 6.04 Å². The lowest BCUT2D eigenvalue weighted by atomic mass is 10.1. The topological polar surface area (TPSA) is 66.5 Å². The van der Waals surface area contributed by atoms with Crippen LogP contribution in [0.2, 0.25) is 0 Å². The molecular weight excluding hydrogens is 364 g/mol. The third kappa shape index (κ3) is 3.60. The van der Waals surface area contributed by atoms with E-state index in [1.807, 2.05) is 0 Å². The van der Waals surface area contributed by atoms with Gasteiger partial charge < -0.3 is 4.90 Å². The molecule has 1 unspecified atom stereocenters. The van der Waals surface area contributed by atoms with Crippen molar-refractivity contribution in [2.24, 2.45) is 0 Å². The fourth-order valence-electron chi connectivity index (χ4n) is 2.20. The van der Waals surface area contributed by atoms with Crippen LogP contribution in [0.15, 0.2) is 20.1 Å². The molecule has 1 aromatic rings. The first-order valence-corrected chi connectivity index (χ1v) is 9.61. The van der Waals surface area contributed by atoms with Crippen molar-refractivity contribution >= 4 is 43.2 Å². The second-order valence-electron chi connectivity index (χ2n) is 4.78. The monoisotopic (exact) mass is 380 g/mol. The van der Waals surface area contributed by atoms with E-state index in [1.165, 1.54) is 0 Å². The van der Waals surface area contributed by atoms with Gasteiger partial charge in [0, 0.05) is 17.6 Å². The Hall–Kier alpha value is -0.440. The van der Waals surface area contributed by atoms with Crippen LogP contribution in [0.25, 0.3) is 0 Å². The number of amides is 1. The molecule has 112 valence electrons. The smallest absolute Gasteiger partial charge is 0.251 e. The fraction of sp³-hybridized carbons (Fsp3) is 0.583. The molecule has 1 atom stereocenters. The average molecular weight is 381 g/mol. The van der Waals surface area contributed by atoms with Gasteiger partial charge >= 0.3 is 0 Å². The summed E-state index contributed by atoms with van der Waals surface area (Å²) in [6.45, 7) is 3.02. The van der Waals surface area contributed by atoms with E-state index in [9.17, 15) is 13.2 Å². The largest absolute Gasteiger partial charge is 0.341 e. The molecule has 1 amide bonds. The molecule has 5 nitrogen and oxygen atoms in total. The first-order valence-electron chi connectivity index (χ1n) is 6.46. The molecule has 0 aliphatic carbocycles. The zero-order chi connectivity index (χ0) is 14.8. The zero-order valence-electron chi connectivity index (χ0n) is 11.1. The van der Waals surface area contributed by atoms with Gasteiger partial charge in [-0.1, -0.05) is 0 Å². The zero-order valence-corrected chi connectivity index (χ0v) is 14.4. The second-order valence-corrected chi connectivity index (χ2v) is 8.46. The third-order valence-corrected chi connectivity index (χ3v) is 7.41. The number of piperidine rings is 1. The quantitative estimate of drug-likeness (QED) is 0.870. The predicted octanol–water partition coefficient (Wildman–Crippen LogP) is 2.19. The number of hydrogen-bond donors (Lipinski definition) is 1. The van der Waals surface area contributed by atoms with Gasteiger partial charge in [-0.2, -0.15) is 4.72 Å². The second kappa shape index (κ2) is 6.55. The number of sulfonamides is 1. The molecule has 1 aliphatic heterocycles. The number of halogens is 1. The lowest BCUT2D eigenvalue weighted by molar-refractivity contribution is -0.133. The van der Waals surface area contributed by atoms with E-state index < -0.39 is 16.1 Å². The molecule has 0 spiro atoms. The SMILES string of the molecule is CC(NS(=O)(=O)c1sccc1Br)C(=O)N1CCCCC1. The first kappa shape index (κ1) is 15.9. The summed E-state index contributed by atoms with van der Waals surface area (Å²) in [5, 5.41) is 1.69. The maximum absolute atomic E-state index is 12.2. The maximum atomic E-state index is 12.2. The Morgan fingerprint density at radius 1 is 1.40 bits per heavy atom. The number of likely N-dealkylation sites (tertiary alicyclic amines) is 1. The number of hydrogen-bond acceptors (Lipinski definition) is 4. The molecule has 8 heteroatoms. The fourth-order valence-corrected chi connectivity index (χ4v) is 5.75. The third-order valence-electron chi connectivity index (χ3n) is 3.20. The Morgan fingerprint density at radius 3 is 2.60 bits per heavy atom. The van der Waals surface area contributed by atoms with Gasteiger partial charge in [0.1, 0.15) is 4.21 Å². The number of nitrogens with one attached hydrogen (secondary N) is 1. The van der Waals surface area contributed by atoms with Crippen LogP contribution in [0.1, 0.15) is 26.2 Å². The number of nitrogens with zero attached hydrogens (tertiary/aromatic N) is 1. The first-order chi connectivity index (χ1) is 9.42. The van der Waals surface area contributed by atoms with E-state index in [-0.39, 0.29) is 10.1 Å². The van der Waals surface area contributed by atoms with E-state index in [4.69, 9.17) is 0 Å². The molecule has 1 N–H and O–H groups in total. The maximum Gasteiger partial charge on any atom is 0.251 e. The standard InChI is InChI=1S/C12H17BrN2O3S2/c1-9(11(16)15-6-3-2-4-7-15)14-20(17,18)12-10(13)5-8-19-12/h5,8-9,14H,2-4,6-7H2,1H3. The highest BCUT2D eigenvalue weighted by Crippen LogP contribution is 2.27. The molecule has 1 fully saturated rings. The van der Waals surface area contributed by atoms with Crippen LogP contribution >= 0.6 is 27.3 Å². The van der Waals surface area contributed by atoms with E-state index in [0.717, 1.165) is 30.6 Å². The summed E-state index contributed by atoms with van der Waals surface area (Å²) in [5.74, 6) is -0.152. The van der Waals surface area contributed by atoms with Crippen molar-refractivity contribution < 1.29 is 13.2 Å². The molecule has 0 saturated carbocycles. The van der Waals surface area contributed by atoms with Crippen molar-refractivity contribution in [3.05, 3.63) is 15.9 Å². The lowest BCUT2D eigenvalue weighted by Crippen LogP contribution is -2.48. The summed E-state index contributed by atoms with van der Waals surface area (Å²) in [5.41, 5.74) is 0. The van der Waals surface area contributed by atoms with Gasteiger partial charge in [-0.25, -0.2) is 8.42 Å². The minimum Gasteiger partial charge on any atom is -0.341 e. The van der Waals surface area contributed by atoms with Crippen LogP contribution in [0.5, 0.6) is 0 Å². The molecule has 0 bridgehead atoms. The summed E-state index contributed by atoms with van der Waals surface area (Å²) in [7, 11) is -3.66. The number of rotatable bonds is 4. The molecule has 1 saturated heterocycles. The predicted molar refractivity (Wildman–Crippen MR) is 82.2 cm³/mol. The number of carbonyl (C=O) groups is 1. The van der Waals surface area contributed by atoms with Crippen LogP contribution in [0.4, 0.5) is 0 Å². The highest BCUT2D eigenvalue weighted by atomic mass is 79.9. The molecule has 2 heterocycles. The van der Waals surface area contributed by atoms with Crippen molar-refractivity contribution in [3.8, 4) is 0 Å². The van der Waals surface area contributed by atoms with E-state index >= 15 is 0 Å². The van der Waals surface area contributed by atoms with E-state index in [1.54, 1.807) is 23.3 Å². The molecule has 1 aliphatic rings. The summed E-state index contributed by atoms with van der Waals surface area (Å²) < 4.78 is 27.6. The van der Waals surface area contributed by atoms with Gasteiger partial charge in [-0.05, 0) is 53.6 Å². The Bertz CT molecular complexity index is 579. The molecule has 20 heavy (non-hydrogen) atoms. The van der Waals surface area contributed by atoms with Crippen LogP contribution in [0.3, 0.4) is 0 Å². The van der Waals surface area contributed by atoms with Crippen molar-refractivity contribution in [2.45, 2.75) is 36.4 Å². The summed E-state index contributed by atoms with van der Waals surface area (Å²) >= 11 is 4.33. The number of thiophene rings is 1. The summed E-state index contributed by atoms with van der Waals surface area (Å²) in [4.78, 5) is 14.0. The minimum absolute atomic E-state index is 0.152. The van der Waals surface area contributed by atoms with E-state index in [0.29, 0.717) is 17.6 Å².